The van der Waals surface area contributed by atoms with E-state index in [1.165, 1.54) is 16.7 Å². The van der Waals surface area contributed by atoms with Crippen molar-refractivity contribution < 1.29 is 14.7 Å². The molecule has 3 rings (SSSR count). The lowest BCUT2D eigenvalue weighted by Gasteiger charge is -2.36. The van der Waals surface area contributed by atoms with Crippen molar-refractivity contribution in [1.82, 2.24) is 9.80 Å². The number of hydrogen-bond acceptors (Lipinski definition) is 5. The molecule has 2 aliphatic heterocycles. The number of aliphatic hydroxyl groups is 1. The van der Waals surface area contributed by atoms with E-state index < -0.39 is 0 Å². The minimum atomic E-state index is -0.256. The molecule has 2 saturated heterocycles. The molecular weight excluding hydrogens is 404 g/mol. The van der Waals surface area contributed by atoms with Gasteiger partial charge in [0.25, 0.3) is 5.91 Å². The number of benzene rings is 1. The third kappa shape index (κ3) is 4.90. The zero-order chi connectivity index (χ0) is 19.4. The molecule has 0 spiro atoms. The Morgan fingerprint density at radius 1 is 1.41 bits per heavy atom. The van der Waals surface area contributed by atoms with Gasteiger partial charge in [0.05, 0.1) is 4.91 Å². The molecule has 27 heavy (non-hydrogen) atoms. The summed E-state index contributed by atoms with van der Waals surface area (Å²) in [4.78, 5) is 29.2. The lowest BCUT2D eigenvalue weighted by molar-refractivity contribution is -0.138. The van der Waals surface area contributed by atoms with E-state index in [2.05, 4.69) is 0 Å². The lowest BCUT2D eigenvalue weighted by atomic mass is 9.99. The highest BCUT2D eigenvalue weighted by Gasteiger charge is 2.36. The number of thiocarbonyl (C=S) groups is 1. The van der Waals surface area contributed by atoms with Gasteiger partial charge in [-0.3, -0.25) is 14.5 Å². The van der Waals surface area contributed by atoms with Crippen LogP contribution in [0.15, 0.2) is 29.2 Å². The van der Waals surface area contributed by atoms with Crippen LogP contribution in [0.25, 0.3) is 6.08 Å². The smallest absolute Gasteiger partial charge is 0.266 e. The summed E-state index contributed by atoms with van der Waals surface area (Å²) in [6.45, 7) is 0.661. The number of nitrogens with zero attached hydrogens (tertiary/aromatic N) is 2. The van der Waals surface area contributed by atoms with Crippen molar-refractivity contribution in [3.63, 3.8) is 0 Å². The van der Waals surface area contributed by atoms with Crippen LogP contribution < -0.4 is 0 Å². The molecule has 1 aromatic rings. The third-order valence-electron chi connectivity index (χ3n) is 4.72. The molecular formula is C19H21ClN2O3S2. The normalized spacial score (nSPS) is 22.0. The number of halogens is 1. The zero-order valence-corrected chi connectivity index (χ0v) is 17.2. The van der Waals surface area contributed by atoms with Crippen molar-refractivity contribution in [2.24, 2.45) is 0 Å². The summed E-state index contributed by atoms with van der Waals surface area (Å²) in [6.07, 6.45) is 5.20. The molecule has 2 amide bonds. The molecule has 2 aliphatic rings. The van der Waals surface area contributed by atoms with Crippen LogP contribution in [-0.2, 0) is 9.59 Å². The molecule has 0 radical (unpaired) electrons. The Kier molecular flexibility index (Phi) is 6.92. The predicted molar refractivity (Wildman–Crippen MR) is 112 cm³/mol. The molecule has 5 nitrogen and oxygen atoms in total. The van der Waals surface area contributed by atoms with E-state index in [-0.39, 0.29) is 31.0 Å². The van der Waals surface area contributed by atoms with E-state index in [9.17, 15) is 14.7 Å². The van der Waals surface area contributed by atoms with E-state index in [4.69, 9.17) is 23.8 Å². The Bertz CT molecular complexity index is 782. The highest BCUT2D eigenvalue weighted by atomic mass is 35.5. The molecule has 1 N–H and O–H groups in total. The van der Waals surface area contributed by atoms with Crippen LogP contribution in [0.4, 0.5) is 0 Å². The quantitative estimate of drug-likeness (QED) is 0.580. The number of amides is 2. The topological polar surface area (TPSA) is 60.9 Å². The fraction of sp³-hybridized carbons (Fsp3) is 0.421. The van der Waals surface area contributed by atoms with Crippen LogP contribution in [0.1, 0.15) is 31.2 Å². The van der Waals surface area contributed by atoms with Crippen LogP contribution in [0.3, 0.4) is 0 Å². The van der Waals surface area contributed by atoms with E-state index in [1.54, 1.807) is 23.1 Å². The monoisotopic (exact) mass is 424 g/mol. The number of piperidine rings is 1. The number of carbonyl (C=O) groups excluding carboxylic acids is 2. The van der Waals surface area contributed by atoms with Gasteiger partial charge in [-0.15, -0.1) is 0 Å². The summed E-state index contributed by atoms with van der Waals surface area (Å²) < 4.78 is 0.386. The van der Waals surface area contributed by atoms with Crippen LogP contribution >= 0.6 is 35.6 Å². The van der Waals surface area contributed by atoms with Gasteiger partial charge in [0.1, 0.15) is 10.9 Å². The van der Waals surface area contributed by atoms with Gasteiger partial charge in [0, 0.05) is 24.2 Å². The molecule has 1 atom stereocenters. The Morgan fingerprint density at radius 2 is 2.22 bits per heavy atom. The molecule has 2 heterocycles. The maximum atomic E-state index is 12.8. The highest BCUT2D eigenvalue weighted by molar-refractivity contribution is 8.26. The Labute approximate surface area is 173 Å². The SMILES string of the molecule is O=C1C(=Cc2cccc(Cl)c2)SC(=S)N1CC(=O)N1CCCCC1CCO. The second kappa shape index (κ2) is 9.19. The summed E-state index contributed by atoms with van der Waals surface area (Å²) in [5.74, 6) is -0.373. The van der Waals surface area contributed by atoms with Crippen molar-refractivity contribution in [2.75, 3.05) is 19.7 Å². The minimum absolute atomic E-state index is 0.0386. The first-order chi connectivity index (χ1) is 13.0. The first-order valence-corrected chi connectivity index (χ1v) is 10.5. The summed E-state index contributed by atoms with van der Waals surface area (Å²) in [5, 5.41) is 9.83. The first-order valence-electron chi connectivity index (χ1n) is 8.91. The standard InChI is InChI=1S/C19H21ClN2O3S2/c20-14-5-3-4-13(10-14)11-16-18(25)22(19(26)27-16)12-17(24)21-8-2-1-6-15(21)7-9-23/h3-5,10-11,15,23H,1-2,6-9,12H2. The summed E-state index contributed by atoms with van der Waals surface area (Å²) in [7, 11) is 0. The fourth-order valence-electron chi connectivity index (χ4n) is 3.39. The van der Waals surface area contributed by atoms with Gasteiger partial charge >= 0.3 is 0 Å². The third-order valence-corrected chi connectivity index (χ3v) is 6.34. The Hall–Kier alpha value is -1.41. The van der Waals surface area contributed by atoms with Gasteiger partial charge in [-0.25, -0.2) is 0 Å². The summed E-state index contributed by atoms with van der Waals surface area (Å²) >= 11 is 12.5. The van der Waals surface area contributed by atoms with Gasteiger partial charge in [-0.1, -0.05) is 47.7 Å². The molecule has 144 valence electrons. The highest BCUT2D eigenvalue weighted by Crippen LogP contribution is 2.33. The molecule has 0 aromatic heterocycles. The van der Waals surface area contributed by atoms with Crippen molar-refractivity contribution in [3.05, 3.63) is 39.8 Å². The number of carbonyl (C=O) groups is 2. The first kappa shape index (κ1) is 20.3. The number of thioether (sulfide) groups is 1. The number of hydrogen-bond donors (Lipinski definition) is 1. The maximum absolute atomic E-state index is 12.8. The zero-order valence-electron chi connectivity index (χ0n) is 14.8. The second-order valence-corrected chi connectivity index (χ2v) is 8.68. The van der Waals surface area contributed by atoms with Crippen molar-refractivity contribution in [2.45, 2.75) is 31.7 Å². The molecule has 2 fully saturated rings. The van der Waals surface area contributed by atoms with E-state index in [0.29, 0.717) is 27.2 Å². The van der Waals surface area contributed by atoms with Gasteiger partial charge in [0.2, 0.25) is 5.91 Å². The molecule has 0 saturated carbocycles. The molecule has 1 unspecified atom stereocenters. The van der Waals surface area contributed by atoms with E-state index >= 15 is 0 Å². The Balaban J connectivity index is 1.70. The largest absolute Gasteiger partial charge is 0.396 e. The van der Waals surface area contributed by atoms with Crippen LogP contribution in [-0.4, -0.2) is 56.8 Å². The summed E-state index contributed by atoms with van der Waals surface area (Å²) in [5.41, 5.74) is 0.813. The number of likely N-dealkylation sites (tertiary alicyclic amines) is 1. The average Bonchev–Trinajstić information content (AvgIpc) is 2.90. The lowest BCUT2D eigenvalue weighted by Crippen LogP contribution is -2.49. The molecule has 1 aromatic carbocycles. The number of rotatable bonds is 5. The van der Waals surface area contributed by atoms with Crippen molar-refractivity contribution in [1.29, 1.82) is 0 Å². The summed E-state index contributed by atoms with van der Waals surface area (Å²) in [6, 6.07) is 7.25. The second-order valence-electron chi connectivity index (χ2n) is 6.57. The predicted octanol–water partition coefficient (Wildman–Crippen LogP) is 3.30. The van der Waals surface area contributed by atoms with Crippen molar-refractivity contribution >= 4 is 57.8 Å². The average molecular weight is 425 g/mol. The van der Waals surface area contributed by atoms with E-state index in [1.807, 2.05) is 12.1 Å². The van der Waals surface area contributed by atoms with Gasteiger partial charge in [-0.2, -0.15) is 0 Å². The van der Waals surface area contributed by atoms with Gasteiger partial charge in [0.15, 0.2) is 0 Å². The number of aliphatic hydroxyl groups excluding tert-OH is 1. The van der Waals surface area contributed by atoms with Crippen LogP contribution in [0.5, 0.6) is 0 Å². The molecule has 8 heteroatoms. The maximum Gasteiger partial charge on any atom is 0.266 e. The minimum Gasteiger partial charge on any atom is -0.396 e. The fourth-order valence-corrected chi connectivity index (χ4v) is 4.84. The van der Waals surface area contributed by atoms with Gasteiger partial charge in [-0.05, 0) is 49.5 Å². The van der Waals surface area contributed by atoms with Crippen LogP contribution in [0, 0.1) is 0 Å². The Morgan fingerprint density at radius 3 is 2.96 bits per heavy atom. The van der Waals surface area contributed by atoms with Gasteiger partial charge < -0.3 is 10.0 Å². The molecule has 0 aliphatic carbocycles. The molecule has 0 bridgehead atoms. The van der Waals surface area contributed by atoms with Crippen molar-refractivity contribution in [3.8, 4) is 0 Å². The van der Waals surface area contributed by atoms with E-state index in [0.717, 1.165) is 24.8 Å². The van der Waals surface area contributed by atoms with Crippen LogP contribution in [0.2, 0.25) is 5.02 Å².